The van der Waals surface area contributed by atoms with Gasteiger partial charge in [0.15, 0.2) is 0 Å². The van der Waals surface area contributed by atoms with Gasteiger partial charge in [-0.15, -0.1) is 0 Å². The van der Waals surface area contributed by atoms with Crippen molar-refractivity contribution in [3.8, 4) is 0 Å². The Morgan fingerprint density at radius 2 is 1.77 bits per heavy atom. The quantitative estimate of drug-likeness (QED) is 0.710. The minimum absolute atomic E-state index is 0.0120. The smallest absolute Gasteiger partial charge is 0.332 e. The van der Waals surface area contributed by atoms with Crippen LogP contribution in [0.2, 0.25) is 0 Å². The van der Waals surface area contributed by atoms with Crippen molar-refractivity contribution in [2.75, 3.05) is 0 Å². The second-order valence-corrected chi connectivity index (χ2v) is 5.83. The van der Waals surface area contributed by atoms with Gasteiger partial charge in [-0.25, -0.2) is 0 Å². The fraction of sp³-hybridized carbons (Fsp3) is 0.778. The van der Waals surface area contributed by atoms with E-state index in [4.69, 9.17) is 4.65 Å². The maximum Gasteiger partial charge on any atom is 0.332 e. The van der Waals surface area contributed by atoms with Crippen molar-refractivity contribution in [1.29, 1.82) is 0 Å². The van der Waals surface area contributed by atoms with E-state index in [1.165, 1.54) is 12.0 Å². The SMILES string of the molecule is CC.CC.CCC.CCCC1(O)B(Cc2ccsc2)OC1C. The summed E-state index contributed by atoms with van der Waals surface area (Å²) in [6.07, 6.45) is 3.92. The molecular formula is C18H37BO2S. The third kappa shape index (κ3) is 7.30. The lowest BCUT2D eigenvalue weighted by Crippen LogP contribution is -2.68. The largest absolute Gasteiger partial charge is 0.428 e. The van der Waals surface area contributed by atoms with Gasteiger partial charge >= 0.3 is 6.92 Å². The van der Waals surface area contributed by atoms with E-state index in [0.717, 1.165) is 19.2 Å². The Hall–Kier alpha value is -0.315. The molecule has 2 nitrogen and oxygen atoms in total. The number of rotatable bonds is 4. The summed E-state index contributed by atoms with van der Waals surface area (Å²) in [5.74, 6) is 0. The van der Waals surface area contributed by atoms with Crippen molar-refractivity contribution < 1.29 is 9.76 Å². The molecule has 0 bridgehead atoms. The molecule has 4 heteroatoms. The lowest BCUT2D eigenvalue weighted by Gasteiger charge is -2.49. The maximum absolute atomic E-state index is 10.4. The first-order chi connectivity index (χ1) is 10.6. The molecule has 2 heterocycles. The molecule has 2 atom stereocenters. The molecule has 0 spiro atoms. The van der Waals surface area contributed by atoms with Crippen LogP contribution >= 0.6 is 11.3 Å². The summed E-state index contributed by atoms with van der Waals surface area (Å²) in [5, 5.41) is 14.6. The fourth-order valence-corrected chi connectivity index (χ4v) is 2.97. The lowest BCUT2D eigenvalue weighted by molar-refractivity contribution is -0.0778. The van der Waals surface area contributed by atoms with E-state index >= 15 is 0 Å². The number of thiophene rings is 1. The molecule has 0 radical (unpaired) electrons. The second-order valence-electron chi connectivity index (χ2n) is 5.05. The second kappa shape index (κ2) is 14.3. The van der Waals surface area contributed by atoms with Crippen molar-refractivity contribution in [2.45, 2.75) is 92.6 Å². The van der Waals surface area contributed by atoms with Crippen LogP contribution in [-0.2, 0) is 11.0 Å². The molecular weight excluding hydrogens is 291 g/mol. The summed E-state index contributed by atoms with van der Waals surface area (Å²) in [6, 6.07) is 2.10. The average molecular weight is 328 g/mol. The fourth-order valence-electron chi connectivity index (χ4n) is 2.28. The number of aliphatic hydroxyl groups is 1. The Balaban J connectivity index is 0. The Kier molecular flexibility index (Phi) is 15.6. The third-order valence-corrected chi connectivity index (χ3v) is 4.01. The minimum atomic E-state index is -0.601. The van der Waals surface area contributed by atoms with Crippen LogP contribution in [0.15, 0.2) is 16.8 Å². The molecule has 0 amide bonds. The molecule has 22 heavy (non-hydrogen) atoms. The summed E-state index contributed by atoms with van der Waals surface area (Å²) in [5.41, 5.74) is 0.669. The monoisotopic (exact) mass is 328 g/mol. The van der Waals surface area contributed by atoms with E-state index in [2.05, 4.69) is 37.6 Å². The van der Waals surface area contributed by atoms with Gasteiger partial charge in [0.1, 0.15) is 0 Å². The van der Waals surface area contributed by atoms with E-state index in [9.17, 15) is 5.11 Å². The highest BCUT2D eigenvalue weighted by atomic mass is 32.1. The van der Waals surface area contributed by atoms with Crippen LogP contribution in [0.4, 0.5) is 0 Å². The Labute approximate surface area is 143 Å². The van der Waals surface area contributed by atoms with Crippen molar-refractivity contribution in [2.24, 2.45) is 0 Å². The molecule has 1 aliphatic heterocycles. The van der Waals surface area contributed by atoms with Crippen molar-refractivity contribution in [3.63, 3.8) is 0 Å². The first-order valence-corrected chi connectivity index (χ1v) is 9.91. The van der Waals surface area contributed by atoms with E-state index in [0.29, 0.717) is 0 Å². The van der Waals surface area contributed by atoms with Crippen LogP contribution in [0, 0.1) is 0 Å². The zero-order chi connectivity index (χ0) is 17.6. The van der Waals surface area contributed by atoms with E-state index in [-0.39, 0.29) is 13.0 Å². The van der Waals surface area contributed by atoms with E-state index in [1.807, 2.05) is 34.6 Å². The predicted octanol–water partition coefficient (Wildman–Crippen LogP) is 5.78. The zero-order valence-electron chi connectivity index (χ0n) is 16.0. The first-order valence-electron chi connectivity index (χ1n) is 8.97. The molecule has 130 valence electrons. The molecule has 1 aliphatic rings. The molecule has 2 unspecified atom stereocenters. The Bertz CT molecular complexity index is 330. The lowest BCUT2D eigenvalue weighted by atomic mass is 9.41. The van der Waals surface area contributed by atoms with Crippen LogP contribution in [0.1, 0.15) is 80.2 Å². The molecule has 1 saturated heterocycles. The summed E-state index contributed by atoms with van der Waals surface area (Å²) >= 11 is 1.69. The van der Waals surface area contributed by atoms with E-state index in [1.54, 1.807) is 11.3 Å². The highest BCUT2D eigenvalue weighted by Gasteiger charge is 2.55. The Morgan fingerprint density at radius 1 is 1.23 bits per heavy atom. The van der Waals surface area contributed by atoms with Crippen LogP contribution in [0.25, 0.3) is 0 Å². The van der Waals surface area contributed by atoms with Crippen LogP contribution in [0.5, 0.6) is 0 Å². The standard InChI is InChI=1S/C11H17BO2S.C3H8.2C2H6/c1-3-5-11(13)9(2)14-12(11)7-10-4-6-15-8-10;1-3-2;2*1-2/h4,6,8-9,13H,3,5,7H2,1-2H3;3H2,1-2H3;2*1-2H3. The van der Waals surface area contributed by atoms with Gasteiger partial charge < -0.3 is 9.76 Å². The maximum atomic E-state index is 10.4. The van der Waals surface area contributed by atoms with Gasteiger partial charge in [-0.3, -0.25) is 0 Å². The van der Waals surface area contributed by atoms with Crippen LogP contribution < -0.4 is 0 Å². The van der Waals surface area contributed by atoms with Gasteiger partial charge in [-0.2, -0.15) is 11.3 Å². The summed E-state index contributed by atoms with van der Waals surface area (Å²) in [6.45, 7) is 16.3. The minimum Gasteiger partial charge on any atom is -0.428 e. The highest BCUT2D eigenvalue weighted by Crippen LogP contribution is 2.35. The molecule has 0 saturated carbocycles. The molecule has 1 N–H and O–H groups in total. The normalized spacial score (nSPS) is 22.0. The van der Waals surface area contributed by atoms with Gasteiger partial charge in [-0.1, -0.05) is 61.3 Å². The van der Waals surface area contributed by atoms with Crippen LogP contribution in [0.3, 0.4) is 0 Å². The van der Waals surface area contributed by atoms with E-state index < -0.39 is 5.50 Å². The van der Waals surface area contributed by atoms with Crippen LogP contribution in [-0.4, -0.2) is 23.6 Å². The summed E-state index contributed by atoms with van der Waals surface area (Å²) in [7, 11) is 0. The van der Waals surface area contributed by atoms with Gasteiger partial charge in [0.05, 0.1) is 11.6 Å². The summed E-state index contributed by atoms with van der Waals surface area (Å²) in [4.78, 5) is 0. The van der Waals surface area contributed by atoms with Gasteiger partial charge in [0, 0.05) is 0 Å². The van der Waals surface area contributed by atoms with Gasteiger partial charge in [0.25, 0.3) is 0 Å². The van der Waals surface area contributed by atoms with Crippen molar-refractivity contribution in [3.05, 3.63) is 22.4 Å². The molecule has 1 aromatic heterocycles. The van der Waals surface area contributed by atoms with Gasteiger partial charge in [-0.05, 0) is 42.1 Å². The predicted molar refractivity (Wildman–Crippen MR) is 103 cm³/mol. The van der Waals surface area contributed by atoms with Crippen molar-refractivity contribution in [1.82, 2.24) is 0 Å². The van der Waals surface area contributed by atoms with Gasteiger partial charge in [0.2, 0.25) is 0 Å². The Morgan fingerprint density at radius 3 is 2.14 bits per heavy atom. The first kappa shape index (κ1) is 23.9. The number of hydrogen-bond acceptors (Lipinski definition) is 3. The number of hydrogen-bond donors (Lipinski definition) is 1. The average Bonchev–Trinajstić information content (AvgIpc) is 3.05. The summed E-state index contributed by atoms with van der Waals surface area (Å²) < 4.78 is 5.64. The highest BCUT2D eigenvalue weighted by molar-refractivity contribution is 7.08. The molecule has 0 aliphatic carbocycles. The molecule has 2 rings (SSSR count). The van der Waals surface area contributed by atoms with Crippen molar-refractivity contribution >= 4 is 18.3 Å². The molecule has 0 aromatic carbocycles. The topological polar surface area (TPSA) is 29.5 Å². The molecule has 1 fully saturated rings. The molecule has 1 aromatic rings. The zero-order valence-corrected chi connectivity index (χ0v) is 16.8. The third-order valence-electron chi connectivity index (χ3n) is 3.28.